The van der Waals surface area contributed by atoms with Crippen LogP contribution in [0.4, 0.5) is 5.69 Å². The van der Waals surface area contributed by atoms with Gasteiger partial charge in [0.2, 0.25) is 5.91 Å². The molecule has 1 atom stereocenters. The van der Waals surface area contributed by atoms with Crippen LogP contribution >= 0.6 is 11.5 Å². The van der Waals surface area contributed by atoms with E-state index in [-0.39, 0.29) is 11.6 Å². The molecule has 1 N–H and O–H groups in total. The Morgan fingerprint density at radius 1 is 1.14 bits per heavy atom. The molecule has 2 amide bonds. The van der Waals surface area contributed by atoms with E-state index >= 15 is 0 Å². The van der Waals surface area contributed by atoms with Crippen molar-refractivity contribution in [2.75, 3.05) is 4.90 Å². The number of nitrogens with one attached hydrogen (secondary N) is 1. The summed E-state index contributed by atoms with van der Waals surface area (Å²) in [4.78, 5) is 32.3. The molecule has 0 saturated carbocycles. The maximum atomic E-state index is 13.4. The Labute approximate surface area is 174 Å². The van der Waals surface area contributed by atoms with Crippen LogP contribution in [0.25, 0.3) is 0 Å². The lowest BCUT2D eigenvalue weighted by Crippen LogP contribution is -2.49. The molecule has 0 unspecified atom stereocenters. The monoisotopic (exact) mass is 409 g/mol. The molecule has 2 aromatic heterocycles. The average Bonchev–Trinajstić information content (AvgIpc) is 3.19. The van der Waals surface area contributed by atoms with Crippen molar-refractivity contribution in [3.05, 3.63) is 71.0 Å². The van der Waals surface area contributed by atoms with Crippen LogP contribution in [0.15, 0.2) is 54.2 Å². The number of carbonyl (C=O) groups is 2. The van der Waals surface area contributed by atoms with Crippen molar-refractivity contribution in [1.29, 1.82) is 0 Å². The summed E-state index contributed by atoms with van der Waals surface area (Å²) in [5, 5.41) is 8.50. The van der Waals surface area contributed by atoms with Gasteiger partial charge in [-0.05, 0) is 74.6 Å². The second kappa shape index (κ2) is 8.48. The van der Waals surface area contributed by atoms with E-state index in [0.29, 0.717) is 11.3 Å². The summed E-state index contributed by atoms with van der Waals surface area (Å²) in [6, 6.07) is 10.1. The number of anilines is 1. The molecule has 0 fully saturated rings. The van der Waals surface area contributed by atoms with Gasteiger partial charge in [0.05, 0.1) is 0 Å². The number of aryl methyl sites for hydroxylation is 1. The van der Waals surface area contributed by atoms with E-state index in [9.17, 15) is 9.59 Å². The third-order valence-corrected chi connectivity index (χ3v) is 4.61. The Balaban J connectivity index is 2.16. The molecule has 0 aliphatic carbocycles. The molecule has 7 nitrogen and oxygen atoms in total. The number of hydrogen-bond acceptors (Lipinski definition) is 6. The fourth-order valence-electron chi connectivity index (χ4n) is 2.94. The molecule has 0 aliphatic rings. The minimum absolute atomic E-state index is 0.194. The predicted octanol–water partition coefficient (Wildman–Crippen LogP) is 3.54. The van der Waals surface area contributed by atoms with Crippen LogP contribution in [0.1, 0.15) is 48.4 Å². The van der Waals surface area contributed by atoms with Gasteiger partial charge in [-0.15, -0.1) is 5.10 Å². The highest BCUT2D eigenvalue weighted by molar-refractivity contribution is 7.03. The zero-order chi connectivity index (χ0) is 21.0. The first-order chi connectivity index (χ1) is 13.8. The quantitative estimate of drug-likeness (QED) is 0.696. The molecule has 3 aromatic rings. The highest BCUT2D eigenvalue weighted by atomic mass is 32.1. The first-order valence-corrected chi connectivity index (χ1v) is 9.99. The number of rotatable bonds is 5. The standard InChI is InChI=1S/C21H23N5O2S/c1-14-6-5-7-16(12-14)26(20(28)17-13-29-25-24-17)18(15-8-10-22-11-9-15)19(27)23-21(2,3)4/h5-13,18H,1-4H3,(H,23,27)/t18-/m1/s1. The molecule has 1 aromatic carbocycles. The minimum atomic E-state index is -0.895. The lowest BCUT2D eigenvalue weighted by molar-refractivity contribution is -0.123. The van der Waals surface area contributed by atoms with Crippen LogP contribution in [0.3, 0.4) is 0 Å². The zero-order valence-corrected chi connectivity index (χ0v) is 17.6. The largest absolute Gasteiger partial charge is 0.349 e. The lowest BCUT2D eigenvalue weighted by atomic mass is 10.0. The first-order valence-electron chi connectivity index (χ1n) is 9.15. The molecule has 8 heteroatoms. The summed E-state index contributed by atoms with van der Waals surface area (Å²) in [6.45, 7) is 7.64. The second-order valence-corrected chi connectivity index (χ2v) is 8.34. The number of carbonyl (C=O) groups excluding carboxylic acids is 2. The van der Waals surface area contributed by atoms with Gasteiger partial charge in [-0.1, -0.05) is 16.6 Å². The Bertz CT molecular complexity index is 984. The Morgan fingerprint density at radius 3 is 2.45 bits per heavy atom. The first kappa shape index (κ1) is 20.6. The van der Waals surface area contributed by atoms with Crippen molar-refractivity contribution >= 4 is 29.0 Å². The van der Waals surface area contributed by atoms with Gasteiger partial charge in [0.15, 0.2) is 5.69 Å². The maximum absolute atomic E-state index is 13.4. The van der Waals surface area contributed by atoms with E-state index < -0.39 is 17.5 Å². The molecule has 0 saturated heterocycles. The van der Waals surface area contributed by atoms with Crippen molar-refractivity contribution in [2.24, 2.45) is 0 Å². The second-order valence-electron chi connectivity index (χ2n) is 7.73. The fourth-order valence-corrected chi connectivity index (χ4v) is 3.37. The summed E-state index contributed by atoms with van der Waals surface area (Å²) in [7, 11) is 0. The Morgan fingerprint density at radius 2 is 1.86 bits per heavy atom. The van der Waals surface area contributed by atoms with E-state index in [1.54, 1.807) is 29.9 Å². The molecule has 3 rings (SSSR count). The minimum Gasteiger partial charge on any atom is -0.349 e. The van der Waals surface area contributed by atoms with Gasteiger partial charge >= 0.3 is 0 Å². The normalized spacial score (nSPS) is 12.3. The summed E-state index contributed by atoms with van der Waals surface area (Å²) < 4.78 is 3.81. The van der Waals surface area contributed by atoms with Gasteiger partial charge in [-0.2, -0.15) is 0 Å². The van der Waals surface area contributed by atoms with E-state index in [1.807, 2.05) is 52.0 Å². The lowest BCUT2D eigenvalue weighted by Gasteiger charge is -2.33. The van der Waals surface area contributed by atoms with Gasteiger partial charge in [0.1, 0.15) is 6.04 Å². The van der Waals surface area contributed by atoms with Gasteiger partial charge < -0.3 is 5.32 Å². The SMILES string of the molecule is Cc1cccc(N(C(=O)c2csnn2)[C@@H](C(=O)NC(C)(C)C)c2ccncc2)c1. The topological polar surface area (TPSA) is 88.1 Å². The average molecular weight is 410 g/mol. The van der Waals surface area contributed by atoms with Gasteiger partial charge in [-0.3, -0.25) is 19.5 Å². The highest BCUT2D eigenvalue weighted by Gasteiger charge is 2.35. The number of amides is 2. The molecular weight excluding hydrogens is 386 g/mol. The molecule has 2 heterocycles. The zero-order valence-electron chi connectivity index (χ0n) is 16.8. The van der Waals surface area contributed by atoms with Crippen molar-refractivity contribution in [1.82, 2.24) is 19.9 Å². The van der Waals surface area contributed by atoms with Gasteiger partial charge in [0, 0.05) is 29.0 Å². The maximum Gasteiger partial charge on any atom is 0.280 e. The molecular formula is C21H23N5O2S. The van der Waals surface area contributed by atoms with Crippen molar-refractivity contribution < 1.29 is 9.59 Å². The summed E-state index contributed by atoms with van der Waals surface area (Å²) in [5.41, 5.74) is 1.96. The van der Waals surface area contributed by atoms with Gasteiger partial charge in [0.25, 0.3) is 5.91 Å². The molecule has 0 spiro atoms. The molecule has 0 aliphatic heterocycles. The third kappa shape index (κ3) is 5.03. The van der Waals surface area contributed by atoms with Crippen molar-refractivity contribution in [3.63, 3.8) is 0 Å². The van der Waals surface area contributed by atoms with E-state index in [1.165, 1.54) is 4.90 Å². The summed E-state index contributed by atoms with van der Waals surface area (Å²) in [5.74, 6) is -0.683. The Hall–Kier alpha value is -3.13. The van der Waals surface area contributed by atoms with E-state index in [2.05, 4.69) is 19.9 Å². The van der Waals surface area contributed by atoms with Gasteiger partial charge in [-0.25, -0.2) is 0 Å². The van der Waals surface area contributed by atoms with E-state index in [0.717, 1.165) is 17.1 Å². The van der Waals surface area contributed by atoms with Crippen LogP contribution in [-0.4, -0.2) is 31.9 Å². The van der Waals surface area contributed by atoms with Crippen LogP contribution in [0, 0.1) is 6.92 Å². The molecule has 150 valence electrons. The van der Waals surface area contributed by atoms with Crippen LogP contribution < -0.4 is 10.2 Å². The predicted molar refractivity (Wildman–Crippen MR) is 113 cm³/mol. The number of aromatic nitrogens is 3. The molecule has 0 bridgehead atoms. The van der Waals surface area contributed by atoms with Crippen LogP contribution in [0.2, 0.25) is 0 Å². The smallest absolute Gasteiger partial charge is 0.280 e. The summed E-state index contributed by atoms with van der Waals surface area (Å²) >= 11 is 1.09. The Kier molecular flexibility index (Phi) is 6.03. The van der Waals surface area contributed by atoms with Crippen molar-refractivity contribution in [2.45, 2.75) is 39.3 Å². The number of hydrogen-bond donors (Lipinski definition) is 1. The van der Waals surface area contributed by atoms with Crippen LogP contribution in [-0.2, 0) is 4.79 Å². The number of benzene rings is 1. The number of nitrogens with zero attached hydrogens (tertiary/aromatic N) is 4. The molecule has 0 radical (unpaired) electrons. The van der Waals surface area contributed by atoms with E-state index in [4.69, 9.17) is 0 Å². The summed E-state index contributed by atoms with van der Waals surface area (Å²) in [6.07, 6.45) is 3.21. The number of pyridine rings is 1. The third-order valence-electron chi connectivity index (χ3n) is 4.10. The molecule has 29 heavy (non-hydrogen) atoms. The fraction of sp³-hybridized carbons (Fsp3) is 0.286. The van der Waals surface area contributed by atoms with Crippen LogP contribution in [0.5, 0.6) is 0 Å². The van der Waals surface area contributed by atoms with Crippen molar-refractivity contribution in [3.8, 4) is 0 Å². The highest BCUT2D eigenvalue weighted by Crippen LogP contribution is 2.30.